The van der Waals surface area contributed by atoms with Gasteiger partial charge in [-0.3, -0.25) is 4.79 Å². The van der Waals surface area contributed by atoms with Crippen LogP contribution in [0.2, 0.25) is 0 Å². The Morgan fingerprint density at radius 2 is 2.07 bits per heavy atom. The van der Waals surface area contributed by atoms with E-state index in [1.54, 1.807) is 16.9 Å². The predicted molar refractivity (Wildman–Crippen MR) is 104 cm³/mol. The predicted octanol–water partition coefficient (Wildman–Crippen LogP) is 2.73. The van der Waals surface area contributed by atoms with E-state index < -0.39 is 11.6 Å². The molecule has 1 aliphatic heterocycles. The minimum atomic E-state index is -0.882. The molecule has 0 radical (unpaired) electrons. The second-order valence-corrected chi connectivity index (χ2v) is 7.24. The summed E-state index contributed by atoms with van der Waals surface area (Å²) in [6.07, 6.45) is 2.28. The van der Waals surface area contributed by atoms with E-state index in [9.17, 15) is 13.6 Å². The molecular weight excluding hydrogens is 376 g/mol. The van der Waals surface area contributed by atoms with Crippen molar-refractivity contribution in [1.82, 2.24) is 25.6 Å². The van der Waals surface area contributed by atoms with Crippen LogP contribution in [0.4, 0.5) is 8.78 Å². The van der Waals surface area contributed by atoms with E-state index >= 15 is 0 Å². The van der Waals surface area contributed by atoms with Crippen molar-refractivity contribution in [3.63, 3.8) is 0 Å². The average molecular weight is 397 g/mol. The van der Waals surface area contributed by atoms with Crippen LogP contribution in [0.25, 0.3) is 5.69 Å². The molecule has 2 heterocycles. The number of hydrogen-bond donors (Lipinski definition) is 2. The van der Waals surface area contributed by atoms with E-state index in [4.69, 9.17) is 0 Å². The molecule has 1 amide bonds. The smallest absolute Gasteiger partial charge is 0.273 e. The van der Waals surface area contributed by atoms with Crippen molar-refractivity contribution in [3.8, 4) is 5.69 Å². The van der Waals surface area contributed by atoms with Gasteiger partial charge in [0.2, 0.25) is 0 Å². The van der Waals surface area contributed by atoms with Crippen molar-refractivity contribution in [1.29, 1.82) is 0 Å². The normalized spacial score (nSPS) is 19.1. The molecule has 0 bridgehead atoms. The maximum absolute atomic E-state index is 13.7. The topological polar surface area (TPSA) is 71.8 Å². The Hall–Kier alpha value is -3.13. The van der Waals surface area contributed by atoms with Gasteiger partial charge in [-0.1, -0.05) is 23.4 Å². The summed E-state index contributed by atoms with van der Waals surface area (Å²) in [4.78, 5) is 12.7. The molecule has 0 aliphatic carbocycles. The molecule has 1 saturated heterocycles. The lowest BCUT2D eigenvalue weighted by Gasteiger charge is -2.33. The molecule has 1 aliphatic rings. The molecule has 4 rings (SSSR count). The summed E-state index contributed by atoms with van der Waals surface area (Å²) in [6.45, 7) is 3.24. The lowest BCUT2D eigenvalue weighted by Crippen LogP contribution is -2.50. The molecule has 29 heavy (non-hydrogen) atoms. The van der Waals surface area contributed by atoms with Crippen molar-refractivity contribution < 1.29 is 13.6 Å². The third kappa shape index (κ3) is 4.17. The van der Waals surface area contributed by atoms with Crippen molar-refractivity contribution in [3.05, 3.63) is 77.1 Å². The first-order valence-electron chi connectivity index (χ1n) is 9.47. The van der Waals surface area contributed by atoms with Gasteiger partial charge in [0.25, 0.3) is 5.91 Å². The largest absolute Gasteiger partial charge is 0.346 e. The van der Waals surface area contributed by atoms with Crippen LogP contribution < -0.4 is 10.6 Å². The fourth-order valence-corrected chi connectivity index (χ4v) is 3.66. The summed E-state index contributed by atoms with van der Waals surface area (Å²) in [6, 6.07) is 11.3. The zero-order valence-corrected chi connectivity index (χ0v) is 15.9. The van der Waals surface area contributed by atoms with Gasteiger partial charge in [0.15, 0.2) is 17.3 Å². The number of hydrogen-bond acceptors (Lipinski definition) is 4. The van der Waals surface area contributed by atoms with E-state index in [0.29, 0.717) is 18.5 Å². The maximum Gasteiger partial charge on any atom is 0.273 e. The Morgan fingerprint density at radius 1 is 1.21 bits per heavy atom. The van der Waals surface area contributed by atoms with Crippen LogP contribution in [-0.2, 0) is 0 Å². The molecule has 6 nitrogen and oxygen atoms in total. The molecule has 2 aromatic carbocycles. The van der Waals surface area contributed by atoms with Crippen molar-refractivity contribution in [2.24, 2.45) is 0 Å². The van der Waals surface area contributed by atoms with Crippen LogP contribution in [0.3, 0.4) is 0 Å². The van der Waals surface area contributed by atoms with Gasteiger partial charge < -0.3 is 10.6 Å². The number of aromatic nitrogens is 3. The summed E-state index contributed by atoms with van der Waals surface area (Å²) in [5, 5.41) is 14.2. The highest BCUT2D eigenvalue weighted by Crippen LogP contribution is 2.27. The summed E-state index contributed by atoms with van der Waals surface area (Å²) >= 11 is 0. The molecule has 0 spiro atoms. The fourth-order valence-electron chi connectivity index (χ4n) is 3.66. The second kappa shape index (κ2) is 8.08. The molecule has 0 saturated carbocycles. The van der Waals surface area contributed by atoms with Gasteiger partial charge in [0.05, 0.1) is 11.9 Å². The number of benzene rings is 2. The number of carbonyl (C=O) groups is 1. The number of carbonyl (C=O) groups excluding carboxylic acids is 1. The van der Waals surface area contributed by atoms with Gasteiger partial charge >= 0.3 is 0 Å². The summed E-state index contributed by atoms with van der Waals surface area (Å²) < 4.78 is 28.5. The minimum Gasteiger partial charge on any atom is -0.346 e. The minimum absolute atomic E-state index is 0.123. The van der Waals surface area contributed by atoms with Gasteiger partial charge in [-0.15, -0.1) is 5.10 Å². The standard InChI is InChI=1S/C21H21F2N5O/c1-13-3-2-4-15(9-13)28-12-20(26-27-28)21(29)25-19-11-24-8-7-16(19)14-5-6-17(22)18(23)10-14/h2-6,9-10,12,16,19,24H,7-8,11H2,1H3,(H,25,29). The van der Waals surface area contributed by atoms with Gasteiger partial charge in [-0.25, -0.2) is 13.5 Å². The van der Waals surface area contributed by atoms with Crippen molar-refractivity contribution >= 4 is 5.91 Å². The van der Waals surface area contributed by atoms with Crippen LogP contribution in [0.1, 0.15) is 34.0 Å². The highest BCUT2D eigenvalue weighted by molar-refractivity contribution is 5.92. The van der Waals surface area contributed by atoms with Crippen molar-refractivity contribution in [2.45, 2.75) is 25.3 Å². The highest BCUT2D eigenvalue weighted by atomic mass is 19.2. The van der Waals surface area contributed by atoms with Crippen molar-refractivity contribution in [2.75, 3.05) is 13.1 Å². The Balaban J connectivity index is 1.51. The van der Waals surface area contributed by atoms with Crippen LogP contribution in [0.5, 0.6) is 0 Å². The fraction of sp³-hybridized carbons (Fsp3) is 0.286. The second-order valence-electron chi connectivity index (χ2n) is 7.24. The lowest BCUT2D eigenvalue weighted by molar-refractivity contribution is 0.0919. The van der Waals surface area contributed by atoms with Crippen LogP contribution in [0, 0.1) is 18.6 Å². The Labute approximate surface area is 166 Å². The third-order valence-electron chi connectivity index (χ3n) is 5.16. The molecule has 2 atom stereocenters. The lowest BCUT2D eigenvalue weighted by atomic mass is 9.86. The molecule has 1 fully saturated rings. The SMILES string of the molecule is Cc1cccc(-n2cc(C(=O)NC3CNCCC3c3ccc(F)c(F)c3)nn2)c1. The summed E-state index contributed by atoms with van der Waals surface area (Å²) in [5.74, 6) is -2.24. The maximum atomic E-state index is 13.7. The Kier molecular flexibility index (Phi) is 5.35. The molecule has 2 unspecified atom stereocenters. The number of nitrogens with one attached hydrogen (secondary N) is 2. The molecule has 2 N–H and O–H groups in total. The Bertz CT molecular complexity index is 1040. The van der Waals surface area contributed by atoms with E-state index in [0.717, 1.165) is 23.9 Å². The van der Waals surface area contributed by atoms with Gasteiger partial charge in [-0.05, 0) is 55.3 Å². The monoisotopic (exact) mass is 397 g/mol. The number of halogens is 2. The van der Waals surface area contributed by atoms with E-state index in [-0.39, 0.29) is 23.6 Å². The number of aryl methyl sites for hydroxylation is 1. The van der Waals surface area contributed by atoms with Gasteiger partial charge in [0, 0.05) is 18.5 Å². The first kappa shape index (κ1) is 19.2. The number of rotatable bonds is 4. The van der Waals surface area contributed by atoms with Crippen LogP contribution >= 0.6 is 0 Å². The molecule has 3 aromatic rings. The van der Waals surface area contributed by atoms with E-state index in [1.165, 1.54) is 6.07 Å². The van der Waals surface area contributed by atoms with Gasteiger partial charge in [0.1, 0.15) is 0 Å². The average Bonchev–Trinajstić information content (AvgIpc) is 3.21. The van der Waals surface area contributed by atoms with Crippen LogP contribution in [-0.4, -0.2) is 40.0 Å². The first-order chi connectivity index (χ1) is 14.0. The zero-order chi connectivity index (χ0) is 20.4. The van der Waals surface area contributed by atoms with E-state index in [2.05, 4.69) is 20.9 Å². The molecular formula is C21H21F2N5O. The number of piperidine rings is 1. The number of nitrogens with zero attached hydrogens (tertiary/aromatic N) is 3. The summed E-state index contributed by atoms with van der Waals surface area (Å²) in [5.41, 5.74) is 2.75. The van der Waals surface area contributed by atoms with E-state index in [1.807, 2.05) is 31.2 Å². The zero-order valence-electron chi connectivity index (χ0n) is 15.9. The highest BCUT2D eigenvalue weighted by Gasteiger charge is 2.29. The quantitative estimate of drug-likeness (QED) is 0.710. The third-order valence-corrected chi connectivity index (χ3v) is 5.16. The molecule has 8 heteroatoms. The number of amides is 1. The Morgan fingerprint density at radius 3 is 2.86 bits per heavy atom. The molecule has 150 valence electrons. The van der Waals surface area contributed by atoms with Gasteiger partial charge in [-0.2, -0.15) is 0 Å². The van der Waals surface area contributed by atoms with Crippen LogP contribution in [0.15, 0.2) is 48.7 Å². The first-order valence-corrected chi connectivity index (χ1v) is 9.47. The molecule has 1 aromatic heterocycles. The summed E-state index contributed by atoms with van der Waals surface area (Å²) in [7, 11) is 0.